The van der Waals surface area contributed by atoms with E-state index in [1.807, 2.05) is 55.5 Å². The van der Waals surface area contributed by atoms with Crippen molar-refractivity contribution in [1.29, 1.82) is 0 Å². The zero-order chi connectivity index (χ0) is 21.9. The Balaban J connectivity index is 1.99. The summed E-state index contributed by atoms with van der Waals surface area (Å²) >= 11 is 7.60. The molecule has 2 rings (SSSR count). The number of likely N-dealkylation sites (N-methyl/N-ethyl adjacent to an activating group) is 1. The van der Waals surface area contributed by atoms with Gasteiger partial charge in [0.15, 0.2) is 0 Å². The van der Waals surface area contributed by atoms with Crippen LogP contribution in [0.5, 0.6) is 5.75 Å². The summed E-state index contributed by atoms with van der Waals surface area (Å²) in [5.41, 5.74) is 0.925. The van der Waals surface area contributed by atoms with Crippen LogP contribution in [-0.4, -0.2) is 42.2 Å². The van der Waals surface area contributed by atoms with Crippen molar-refractivity contribution in [3.8, 4) is 5.75 Å². The first kappa shape index (κ1) is 24.1. The van der Waals surface area contributed by atoms with Crippen LogP contribution in [0.3, 0.4) is 0 Å². The van der Waals surface area contributed by atoms with E-state index >= 15 is 0 Å². The average molecular weight is 449 g/mol. The van der Waals surface area contributed by atoms with Crippen LogP contribution in [0, 0.1) is 0 Å². The van der Waals surface area contributed by atoms with E-state index in [2.05, 4.69) is 5.32 Å². The predicted octanol–water partition coefficient (Wildman–Crippen LogP) is 4.77. The molecule has 0 fully saturated rings. The lowest BCUT2D eigenvalue weighted by molar-refractivity contribution is -0.140. The summed E-state index contributed by atoms with van der Waals surface area (Å²) in [6, 6.07) is 14.7. The number of nitrogens with zero attached hydrogens (tertiary/aromatic N) is 1. The van der Waals surface area contributed by atoms with Crippen LogP contribution in [0.1, 0.15) is 32.3 Å². The van der Waals surface area contributed by atoms with E-state index in [0.717, 1.165) is 28.4 Å². The zero-order valence-corrected chi connectivity index (χ0v) is 19.3. The first-order valence-electron chi connectivity index (χ1n) is 10.0. The molecule has 1 atom stereocenters. The fourth-order valence-electron chi connectivity index (χ4n) is 2.96. The molecule has 0 saturated heterocycles. The minimum atomic E-state index is -0.549. The summed E-state index contributed by atoms with van der Waals surface area (Å²) in [5, 5.41) is 3.52. The third kappa shape index (κ3) is 7.58. The van der Waals surface area contributed by atoms with E-state index in [1.165, 1.54) is 0 Å². The quantitative estimate of drug-likeness (QED) is 0.397. The number of amides is 2. The van der Waals surface area contributed by atoms with Gasteiger partial charge in [-0.05, 0) is 68.0 Å². The highest BCUT2D eigenvalue weighted by molar-refractivity contribution is 7.99. The lowest BCUT2D eigenvalue weighted by atomic mass is 10.1. The molecule has 0 aliphatic heterocycles. The molecule has 2 aromatic carbocycles. The van der Waals surface area contributed by atoms with Crippen molar-refractivity contribution in [2.45, 2.75) is 44.2 Å². The highest BCUT2D eigenvalue weighted by atomic mass is 35.5. The van der Waals surface area contributed by atoms with Crippen molar-refractivity contribution in [3.05, 3.63) is 59.1 Å². The standard InChI is InChI=1S/C23H29ClN2O3S/c1-4-25-23(28)17(2)26(16-18-7-5-8-20(15-18)29-3)22(27)9-6-14-30-21-12-10-19(24)11-13-21/h5,7-8,10-13,15,17H,4,6,9,14,16H2,1-3H3,(H,25,28)/t17-/m1/s1. The number of ether oxygens (including phenoxy) is 1. The number of halogens is 1. The Morgan fingerprint density at radius 3 is 2.60 bits per heavy atom. The minimum Gasteiger partial charge on any atom is -0.497 e. The second-order valence-electron chi connectivity index (χ2n) is 6.85. The van der Waals surface area contributed by atoms with Gasteiger partial charge in [-0.3, -0.25) is 9.59 Å². The Labute approximate surface area is 188 Å². The number of benzene rings is 2. The van der Waals surface area contributed by atoms with E-state index in [4.69, 9.17) is 16.3 Å². The van der Waals surface area contributed by atoms with Gasteiger partial charge in [0.25, 0.3) is 0 Å². The monoisotopic (exact) mass is 448 g/mol. The molecule has 2 amide bonds. The SMILES string of the molecule is CCNC(=O)[C@@H](C)N(Cc1cccc(OC)c1)C(=O)CCCSc1ccc(Cl)cc1. The minimum absolute atomic E-state index is 0.0340. The van der Waals surface area contributed by atoms with Crippen molar-refractivity contribution in [2.75, 3.05) is 19.4 Å². The molecule has 0 aromatic heterocycles. The molecule has 2 aromatic rings. The number of methoxy groups -OCH3 is 1. The van der Waals surface area contributed by atoms with Crippen LogP contribution in [-0.2, 0) is 16.1 Å². The van der Waals surface area contributed by atoms with Gasteiger partial charge in [-0.25, -0.2) is 0 Å². The van der Waals surface area contributed by atoms with E-state index in [0.29, 0.717) is 24.5 Å². The normalized spacial score (nSPS) is 11.6. The predicted molar refractivity (Wildman–Crippen MR) is 123 cm³/mol. The van der Waals surface area contributed by atoms with Crippen molar-refractivity contribution in [2.24, 2.45) is 0 Å². The summed E-state index contributed by atoms with van der Waals surface area (Å²) in [7, 11) is 1.61. The lowest BCUT2D eigenvalue weighted by Crippen LogP contribution is -2.47. The number of hydrogen-bond acceptors (Lipinski definition) is 4. The van der Waals surface area contributed by atoms with Gasteiger partial charge in [0, 0.05) is 29.4 Å². The summed E-state index contributed by atoms with van der Waals surface area (Å²) in [6.07, 6.45) is 1.11. The molecule has 1 N–H and O–H groups in total. The molecule has 0 bridgehead atoms. The summed E-state index contributed by atoms with van der Waals surface area (Å²) in [6.45, 7) is 4.53. The Bertz CT molecular complexity index is 829. The van der Waals surface area contributed by atoms with Crippen LogP contribution >= 0.6 is 23.4 Å². The van der Waals surface area contributed by atoms with Gasteiger partial charge in [0.1, 0.15) is 11.8 Å². The van der Waals surface area contributed by atoms with Crippen LogP contribution in [0.4, 0.5) is 0 Å². The maximum Gasteiger partial charge on any atom is 0.242 e. The van der Waals surface area contributed by atoms with E-state index in [-0.39, 0.29) is 11.8 Å². The van der Waals surface area contributed by atoms with Crippen molar-refractivity contribution < 1.29 is 14.3 Å². The first-order valence-corrected chi connectivity index (χ1v) is 11.4. The van der Waals surface area contributed by atoms with Gasteiger partial charge in [-0.1, -0.05) is 23.7 Å². The second-order valence-corrected chi connectivity index (χ2v) is 8.45. The van der Waals surface area contributed by atoms with Gasteiger partial charge >= 0.3 is 0 Å². The number of rotatable bonds is 11. The highest BCUT2D eigenvalue weighted by Gasteiger charge is 2.25. The van der Waals surface area contributed by atoms with E-state index in [9.17, 15) is 9.59 Å². The summed E-state index contributed by atoms with van der Waals surface area (Å²) < 4.78 is 5.28. The Morgan fingerprint density at radius 1 is 1.20 bits per heavy atom. The van der Waals surface area contributed by atoms with E-state index in [1.54, 1.807) is 30.7 Å². The van der Waals surface area contributed by atoms with Crippen molar-refractivity contribution >= 4 is 35.2 Å². The van der Waals surface area contributed by atoms with Crippen molar-refractivity contribution in [3.63, 3.8) is 0 Å². The molecule has 162 valence electrons. The average Bonchev–Trinajstić information content (AvgIpc) is 2.76. The number of hydrogen-bond donors (Lipinski definition) is 1. The fraction of sp³-hybridized carbons (Fsp3) is 0.391. The zero-order valence-electron chi connectivity index (χ0n) is 17.7. The van der Waals surface area contributed by atoms with Gasteiger partial charge in [0.05, 0.1) is 7.11 Å². The van der Waals surface area contributed by atoms with Crippen LogP contribution in [0.25, 0.3) is 0 Å². The van der Waals surface area contributed by atoms with E-state index < -0.39 is 6.04 Å². The van der Waals surface area contributed by atoms with Crippen LogP contribution in [0.15, 0.2) is 53.4 Å². The number of carbonyl (C=O) groups is 2. The molecule has 0 heterocycles. The maximum absolute atomic E-state index is 13.0. The molecule has 0 aliphatic carbocycles. The van der Waals surface area contributed by atoms with Gasteiger partial charge < -0.3 is 15.0 Å². The van der Waals surface area contributed by atoms with Crippen molar-refractivity contribution in [1.82, 2.24) is 10.2 Å². The van der Waals surface area contributed by atoms with Crippen LogP contribution in [0.2, 0.25) is 5.02 Å². The lowest BCUT2D eigenvalue weighted by Gasteiger charge is -2.29. The number of carbonyl (C=O) groups excluding carboxylic acids is 2. The first-order chi connectivity index (χ1) is 14.4. The molecular weight excluding hydrogens is 420 g/mol. The Morgan fingerprint density at radius 2 is 1.93 bits per heavy atom. The maximum atomic E-state index is 13.0. The third-order valence-corrected chi connectivity index (χ3v) is 5.97. The van der Waals surface area contributed by atoms with Gasteiger partial charge in [-0.15, -0.1) is 11.8 Å². The molecule has 0 unspecified atom stereocenters. The number of thioether (sulfide) groups is 1. The number of nitrogens with one attached hydrogen (secondary N) is 1. The topological polar surface area (TPSA) is 58.6 Å². The molecule has 5 nitrogen and oxygen atoms in total. The Hall–Kier alpha value is -2.18. The molecule has 0 aliphatic rings. The highest BCUT2D eigenvalue weighted by Crippen LogP contribution is 2.22. The Kier molecular flexibility index (Phi) is 10.0. The smallest absolute Gasteiger partial charge is 0.242 e. The fourth-order valence-corrected chi connectivity index (χ4v) is 3.94. The summed E-state index contributed by atoms with van der Waals surface area (Å²) in [5.74, 6) is 1.36. The molecular formula is C23H29ClN2O3S. The van der Waals surface area contributed by atoms with Gasteiger partial charge in [0.2, 0.25) is 11.8 Å². The molecule has 0 saturated carbocycles. The largest absolute Gasteiger partial charge is 0.497 e. The molecule has 7 heteroatoms. The molecule has 30 heavy (non-hydrogen) atoms. The van der Waals surface area contributed by atoms with Crippen LogP contribution < -0.4 is 10.1 Å². The second kappa shape index (κ2) is 12.5. The van der Waals surface area contributed by atoms with Gasteiger partial charge in [-0.2, -0.15) is 0 Å². The molecule has 0 radical (unpaired) electrons. The third-order valence-electron chi connectivity index (χ3n) is 4.62. The molecule has 0 spiro atoms. The summed E-state index contributed by atoms with van der Waals surface area (Å²) in [4.78, 5) is 28.2.